The van der Waals surface area contributed by atoms with Crippen molar-refractivity contribution in [2.24, 2.45) is 13.0 Å². The Morgan fingerprint density at radius 3 is 2.70 bits per heavy atom. The number of halogens is 1. The van der Waals surface area contributed by atoms with Crippen molar-refractivity contribution in [1.29, 1.82) is 0 Å². The number of aryl methyl sites for hydroxylation is 1. The van der Waals surface area contributed by atoms with Gasteiger partial charge in [-0.3, -0.25) is 9.67 Å². The highest BCUT2D eigenvalue weighted by molar-refractivity contribution is 6.31. The molecule has 0 spiro atoms. The minimum absolute atomic E-state index is 0.657. The van der Waals surface area contributed by atoms with Crippen LogP contribution in [0.1, 0.15) is 12.8 Å². The largest absolute Gasteiger partial charge is 0.497 e. The molecule has 1 fully saturated rings. The number of methoxy groups -OCH3 is 1. The molecule has 2 aromatic carbocycles. The molecule has 2 aromatic heterocycles. The first-order chi connectivity index (χ1) is 14.6. The van der Waals surface area contributed by atoms with Crippen LogP contribution in [0.2, 0.25) is 5.02 Å². The maximum Gasteiger partial charge on any atom is 0.122 e. The molecule has 1 saturated carbocycles. The van der Waals surface area contributed by atoms with Crippen molar-refractivity contribution in [2.75, 3.05) is 18.6 Å². The van der Waals surface area contributed by atoms with Gasteiger partial charge in [-0.1, -0.05) is 11.6 Å². The van der Waals surface area contributed by atoms with E-state index in [4.69, 9.17) is 21.3 Å². The van der Waals surface area contributed by atoms with Crippen LogP contribution in [0, 0.1) is 5.92 Å². The third kappa shape index (κ3) is 3.83. The molecule has 6 nitrogen and oxygen atoms in total. The number of nitrogens with zero attached hydrogens (tertiary/aromatic N) is 5. The lowest BCUT2D eigenvalue weighted by Gasteiger charge is -2.26. The summed E-state index contributed by atoms with van der Waals surface area (Å²) >= 11 is 6.36. The average molecular weight is 420 g/mol. The SMILES string of the molecule is COc1cc(Cl)cc(N(CC2CC2)c2ccc3ncc(-c4cnn(C)c4)nc3c2)c1. The first-order valence-electron chi connectivity index (χ1n) is 9.97. The predicted molar refractivity (Wildman–Crippen MR) is 119 cm³/mol. The Morgan fingerprint density at radius 1 is 1.10 bits per heavy atom. The van der Waals surface area contributed by atoms with Gasteiger partial charge in [0.1, 0.15) is 5.75 Å². The molecule has 1 aliphatic carbocycles. The Kier molecular flexibility index (Phi) is 4.79. The second-order valence-corrected chi connectivity index (χ2v) is 8.17. The molecule has 152 valence electrons. The monoisotopic (exact) mass is 419 g/mol. The quantitative estimate of drug-likeness (QED) is 0.427. The maximum atomic E-state index is 6.36. The molecule has 1 aliphatic rings. The lowest BCUT2D eigenvalue weighted by Crippen LogP contribution is -2.20. The van der Waals surface area contributed by atoms with E-state index in [1.165, 1.54) is 12.8 Å². The number of fused-ring (bicyclic) bond motifs is 1. The van der Waals surface area contributed by atoms with Gasteiger partial charge in [0.15, 0.2) is 0 Å². The highest BCUT2D eigenvalue weighted by atomic mass is 35.5. The first-order valence-corrected chi connectivity index (χ1v) is 10.3. The average Bonchev–Trinajstić information content (AvgIpc) is 3.48. The molecule has 0 bridgehead atoms. The predicted octanol–water partition coefficient (Wildman–Crippen LogP) is 5.24. The fraction of sp³-hybridized carbons (Fsp3) is 0.261. The van der Waals surface area contributed by atoms with E-state index < -0.39 is 0 Å². The van der Waals surface area contributed by atoms with Crippen LogP contribution in [-0.4, -0.2) is 33.4 Å². The van der Waals surface area contributed by atoms with E-state index in [0.717, 1.165) is 46.0 Å². The Balaban J connectivity index is 1.58. The van der Waals surface area contributed by atoms with Gasteiger partial charge in [-0.05, 0) is 49.1 Å². The third-order valence-electron chi connectivity index (χ3n) is 5.38. The van der Waals surface area contributed by atoms with E-state index >= 15 is 0 Å². The molecular formula is C23H22ClN5O. The molecule has 7 heteroatoms. The van der Waals surface area contributed by atoms with E-state index in [1.807, 2.05) is 37.5 Å². The normalized spacial score (nSPS) is 13.6. The van der Waals surface area contributed by atoms with Gasteiger partial charge < -0.3 is 9.64 Å². The zero-order valence-electron chi connectivity index (χ0n) is 16.9. The molecule has 0 N–H and O–H groups in total. The van der Waals surface area contributed by atoms with Crippen molar-refractivity contribution in [3.63, 3.8) is 0 Å². The van der Waals surface area contributed by atoms with Gasteiger partial charge in [-0.2, -0.15) is 5.10 Å². The third-order valence-corrected chi connectivity index (χ3v) is 5.60. The van der Waals surface area contributed by atoms with Crippen LogP contribution in [0.25, 0.3) is 22.3 Å². The number of aromatic nitrogens is 4. The van der Waals surface area contributed by atoms with Crippen LogP contribution in [0.4, 0.5) is 11.4 Å². The van der Waals surface area contributed by atoms with Crippen LogP contribution in [-0.2, 0) is 7.05 Å². The van der Waals surface area contributed by atoms with Crippen LogP contribution in [0.5, 0.6) is 5.75 Å². The van der Waals surface area contributed by atoms with Crippen LogP contribution >= 0.6 is 11.6 Å². The summed E-state index contributed by atoms with van der Waals surface area (Å²) in [5.74, 6) is 1.44. The van der Waals surface area contributed by atoms with E-state index in [1.54, 1.807) is 24.2 Å². The minimum Gasteiger partial charge on any atom is -0.497 e. The van der Waals surface area contributed by atoms with E-state index in [0.29, 0.717) is 10.9 Å². The van der Waals surface area contributed by atoms with Gasteiger partial charge in [0.2, 0.25) is 0 Å². The summed E-state index contributed by atoms with van der Waals surface area (Å²) in [6, 6.07) is 12.0. The first kappa shape index (κ1) is 18.9. The molecular weight excluding hydrogens is 398 g/mol. The van der Waals surface area contributed by atoms with Crippen LogP contribution in [0.15, 0.2) is 55.0 Å². The Hall–Kier alpha value is -3.12. The lowest BCUT2D eigenvalue weighted by molar-refractivity contribution is 0.415. The Labute approximate surface area is 180 Å². The molecule has 2 heterocycles. The fourth-order valence-electron chi connectivity index (χ4n) is 3.60. The number of hydrogen-bond acceptors (Lipinski definition) is 5. The number of hydrogen-bond donors (Lipinski definition) is 0. The summed E-state index contributed by atoms with van der Waals surface area (Å²) in [4.78, 5) is 11.7. The number of rotatable bonds is 6. The zero-order chi connectivity index (χ0) is 20.7. The summed E-state index contributed by atoms with van der Waals surface area (Å²) in [7, 11) is 3.55. The lowest BCUT2D eigenvalue weighted by atomic mass is 10.2. The highest BCUT2D eigenvalue weighted by Crippen LogP contribution is 2.38. The molecule has 0 radical (unpaired) electrons. The molecule has 30 heavy (non-hydrogen) atoms. The molecule has 0 amide bonds. The van der Waals surface area contributed by atoms with E-state index in [2.05, 4.69) is 27.1 Å². The summed E-state index contributed by atoms with van der Waals surface area (Å²) < 4.78 is 7.20. The van der Waals surface area contributed by atoms with Gasteiger partial charge in [0.25, 0.3) is 0 Å². The summed E-state index contributed by atoms with van der Waals surface area (Å²) in [5, 5.41) is 4.90. The van der Waals surface area contributed by atoms with Gasteiger partial charge in [-0.25, -0.2) is 4.98 Å². The number of ether oxygens (including phenoxy) is 1. The molecule has 0 atom stereocenters. The zero-order valence-corrected chi connectivity index (χ0v) is 17.7. The fourth-order valence-corrected chi connectivity index (χ4v) is 3.82. The smallest absolute Gasteiger partial charge is 0.122 e. The Bertz CT molecular complexity index is 1220. The van der Waals surface area contributed by atoms with Gasteiger partial charge >= 0.3 is 0 Å². The number of anilines is 2. The second-order valence-electron chi connectivity index (χ2n) is 7.73. The Morgan fingerprint density at radius 2 is 1.97 bits per heavy atom. The molecule has 4 aromatic rings. The van der Waals surface area contributed by atoms with Crippen molar-refractivity contribution < 1.29 is 4.74 Å². The van der Waals surface area contributed by atoms with Crippen molar-refractivity contribution in [2.45, 2.75) is 12.8 Å². The summed E-state index contributed by atoms with van der Waals surface area (Å²) in [6.07, 6.45) is 8.05. The van der Waals surface area contributed by atoms with Crippen molar-refractivity contribution in [1.82, 2.24) is 19.7 Å². The van der Waals surface area contributed by atoms with Crippen molar-refractivity contribution >= 4 is 34.0 Å². The van der Waals surface area contributed by atoms with Crippen LogP contribution in [0.3, 0.4) is 0 Å². The second kappa shape index (κ2) is 7.61. The van der Waals surface area contributed by atoms with Gasteiger partial charge in [0, 0.05) is 47.8 Å². The van der Waals surface area contributed by atoms with Gasteiger partial charge in [-0.15, -0.1) is 0 Å². The molecule has 0 unspecified atom stereocenters. The molecule has 5 rings (SSSR count). The number of benzene rings is 2. The van der Waals surface area contributed by atoms with E-state index in [9.17, 15) is 0 Å². The molecule has 0 aliphatic heterocycles. The topological polar surface area (TPSA) is 56.1 Å². The van der Waals surface area contributed by atoms with Crippen molar-refractivity contribution in [3.05, 3.63) is 60.0 Å². The van der Waals surface area contributed by atoms with Crippen molar-refractivity contribution in [3.8, 4) is 17.0 Å². The van der Waals surface area contributed by atoms with Gasteiger partial charge in [0.05, 0.1) is 36.2 Å². The minimum atomic E-state index is 0.657. The summed E-state index contributed by atoms with van der Waals surface area (Å²) in [5.41, 5.74) is 5.56. The highest BCUT2D eigenvalue weighted by Gasteiger charge is 2.26. The standard InChI is InChI=1S/C23H22ClN5O/c1-28-14-16(11-26-28)23-12-25-21-6-5-18(10-22(21)27-23)29(13-15-3-4-15)19-7-17(24)8-20(9-19)30-2/h5-12,14-15H,3-4,13H2,1-2H3. The van der Waals surface area contributed by atoms with E-state index in [-0.39, 0.29) is 0 Å². The molecule has 0 saturated heterocycles. The maximum absolute atomic E-state index is 6.36. The van der Waals surface area contributed by atoms with Crippen LogP contribution < -0.4 is 9.64 Å². The summed E-state index contributed by atoms with van der Waals surface area (Å²) in [6.45, 7) is 0.935.